The highest BCUT2D eigenvalue weighted by atomic mass is 16.1. The molecule has 0 aromatic carbocycles. The molecular formula is C6H7N3O. The van der Waals surface area contributed by atoms with Crippen LogP contribution in [0.1, 0.15) is 5.56 Å². The molecular weight excluding hydrogens is 130 g/mol. The van der Waals surface area contributed by atoms with Gasteiger partial charge in [0.1, 0.15) is 5.84 Å². The predicted octanol–water partition coefficient (Wildman–Crippen LogP) is -0.341. The number of aromatic nitrogens is 1. The van der Waals surface area contributed by atoms with Crippen LogP contribution in [0.25, 0.3) is 0 Å². The summed E-state index contributed by atoms with van der Waals surface area (Å²) in [5.74, 6) is -0.207. The molecule has 4 heteroatoms. The van der Waals surface area contributed by atoms with Crippen LogP contribution in [0.3, 0.4) is 0 Å². The first kappa shape index (κ1) is 6.54. The molecule has 0 amide bonds. The fourth-order valence-electron chi connectivity index (χ4n) is 0.627. The molecule has 1 rings (SSSR count). The minimum atomic E-state index is -0.230. The smallest absolute Gasteiger partial charge is 0.192 e. The van der Waals surface area contributed by atoms with E-state index in [0.717, 1.165) is 0 Å². The SMILES string of the molecule is N=C(N)c1c[nH]ccc1=O. The van der Waals surface area contributed by atoms with Gasteiger partial charge in [0.15, 0.2) is 5.43 Å². The van der Waals surface area contributed by atoms with Crippen LogP contribution in [0.2, 0.25) is 0 Å². The summed E-state index contributed by atoms with van der Waals surface area (Å²) in [4.78, 5) is 13.5. The highest BCUT2D eigenvalue weighted by Crippen LogP contribution is 1.83. The molecule has 0 spiro atoms. The van der Waals surface area contributed by atoms with Gasteiger partial charge in [-0.2, -0.15) is 0 Å². The van der Waals surface area contributed by atoms with Gasteiger partial charge in [0.2, 0.25) is 0 Å². The van der Waals surface area contributed by atoms with Gasteiger partial charge >= 0.3 is 0 Å². The summed E-state index contributed by atoms with van der Waals surface area (Å²) in [6.45, 7) is 0. The lowest BCUT2D eigenvalue weighted by Gasteiger charge is -1.92. The number of rotatable bonds is 1. The molecule has 4 N–H and O–H groups in total. The van der Waals surface area contributed by atoms with Crippen molar-refractivity contribution >= 4 is 5.84 Å². The summed E-state index contributed by atoms with van der Waals surface area (Å²) >= 11 is 0. The average Bonchev–Trinajstić information content (AvgIpc) is 1.88. The van der Waals surface area contributed by atoms with Crippen LogP contribution in [0.15, 0.2) is 23.3 Å². The molecule has 52 valence electrons. The van der Waals surface area contributed by atoms with E-state index in [0.29, 0.717) is 0 Å². The van der Waals surface area contributed by atoms with Crippen molar-refractivity contribution in [1.82, 2.24) is 4.98 Å². The van der Waals surface area contributed by atoms with Crippen molar-refractivity contribution < 1.29 is 0 Å². The zero-order chi connectivity index (χ0) is 7.56. The van der Waals surface area contributed by atoms with Crippen molar-refractivity contribution in [2.24, 2.45) is 5.73 Å². The number of pyridine rings is 1. The van der Waals surface area contributed by atoms with E-state index in [2.05, 4.69) is 4.98 Å². The molecule has 0 saturated carbocycles. The minimum Gasteiger partial charge on any atom is -0.384 e. The number of amidine groups is 1. The van der Waals surface area contributed by atoms with Crippen molar-refractivity contribution in [2.75, 3.05) is 0 Å². The number of nitrogens with one attached hydrogen (secondary N) is 2. The Morgan fingerprint density at radius 2 is 2.40 bits per heavy atom. The second kappa shape index (κ2) is 2.34. The third-order valence-corrected chi connectivity index (χ3v) is 1.11. The van der Waals surface area contributed by atoms with E-state index in [9.17, 15) is 4.79 Å². The number of hydrogen-bond donors (Lipinski definition) is 3. The Balaban J connectivity index is 3.29. The van der Waals surface area contributed by atoms with Gasteiger partial charge in [-0.15, -0.1) is 0 Å². The zero-order valence-electron chi connectivity index (χ0n) is 5.22. The molecule has 1 heterocycles. The summed E-state index contributed by atoms with van der Waals surface area (Å²) in [6.07, 6.45) is 2.90. The molecule has 0 aliphatic carbocycles. The minimum absolute atomic E-state index is 0.207. The second-order valence-corrected chi connectivity index (χ2v) is 1.84. The Morgan fingerprint density at radius 1 is 1.70 bits per heavy atom. The summed E-state index contributed by atoms with van der Waals surface area (Å²) in [5.41, 5.74) is 5.06. The van der Waals surface area contributed by atoms with Crippen molar-refractivity contribution in [3.63, 3.8) is 0 Å². The molecule has 0 aliphatic heterocycles. The van der Waals surface area contributed by atoms with Crippen molar-refractivity contribution in [1.29, 1.82) is 5.41 Å². The standard InChI is InChI=1S/C6H7N3O/c7-6(8)4-3-9-2-1-5(4)10/h1-3H,(H3,7,8)(H,9,10). The molecule has 0 unspecified atom stereocenters. The van der Waals surface area contributed by atoms with E-state index in [1.165, 1.54) is 18.5 Å². The van der Waals surface area contributed by atoms with Crippen LogP contribution in [0.4, 0.5) is 0 Å². The Morgan fingerprint density at radius 3 is 2.80 bits per heavy atom. The second-order valence-electron chi connectivity index (χ2n) is 1.84. The fraction of sp³-hybridized carbons (Fsp3) is 0. The monoisotopic (exact) mass is 137 g/mol. The lowest BCUT2D eigenvalue weighted by atomic mass is 10.2. The highest BCUT2D eigenvalue weighted by molar-refractivity contribution is 5.94. The van der Waals surface area contributed by atoms with Crippen LogP contribution in [0.5, 0.6) is 0 Å². The molecule has 10 heavy (non-hydrogen) atoms. The van der Waals surface area contributed by atoms with E-state index in [1.807, 2.05) is 0 Å². The zero-order valence-corrected chi connectivity index (χ0v) is 5.22. The fourth-order valence-corrected chi connectivity index (χ4v) is 0.627. The molecule has 4 nitrogen and oxygen atoms in total. The Labute approximate surface area is 57.2 Å². The number of hydrogen-bond acceptors (Lipinski definition) is 2. The lowest BCUT2D eigenvalue weighted by molar-refractivity contribution is 1.27. The number of nitrogen functional groups attached to an aromatic ring is 1. The molecule has 0 bridgehead atoms. The van der Waals surface area contributed by atoms with Crippen molar-refractivity contribution in [2.45, 2.75) is 0 Å². The molecule has 1 aromatic heterocycles. The maximum atomic E-state index is 10.8. The van der Waals surface area contributed by atoms with Gasteiger partial charge in [-0.3, -0.25) is 10.2 Å². The third-order valence-electron chi connectivity index (χ3n) is 1.11. The summed E-state index contributed by atoms with van der Waals surface area (Å²) in [6, 6.07) is 1.33. The third kappa shape index (κ3) is 1.05. The topological polar surface area (TPSA) is 82.7 Å². The van der Waals surface area contributed by atoms with Crippen LogP contribution in [-0.4, -0.2) is 10.8 Å². The van der Waals surface area contributed by atoms with E-state index in [1.54, 1.807) is 0 Å². The van der Waals surface area contributed by atoms with Crippen LogP contribution < -0.4 is 11.2 Å². The van der Waals surface area contributed by atoms with Gasteiger partial charge in [0.05, 0.1) is 5.56 Å². The number of aromatic amines is 1. The summed E-state index contributed by atoms with van der Waals surface area (Å²) in [7, 11) is 0. The van der Waals surface area contributed by atoms with Gasteiger partial charge < -0.3 is 10.7 Å². The first-order valence-electron chi connectivity index (χ1n) is 2.73. The number of nitrogens with two attached hydrogens (primary N) is 1. The predicted molar refractivity (Wildman–Crippen MR) is 38.1 cm³/mol. The van der Waals surface area contributed by atoms with E-state index < -0.39 is 0 Å². The largest absolute Gasteiger partial charge is 0.384 e. The van der Waals surface area contributed by atoms with Crippen LogP contribution in [-0.2, 0) is 0 Å². The molecule has 0 saturated heterocycles. The maximum absolute atomic E-state index is 10.8. The summed E-state index contributed by atoms with van der Waals surface area (Å²) in [5, 5.41) is 6.93. The molecule has 0 atom stereocenters. The molecule has 0 aliphatic rings. The Hall–Kier alpha value is -1.58. The van der Waals surface area contributed by atoms with Crippen molar-refractivity contribution in [3.8, 4) is 0 Å². The summed E-state index contributed by atoms with van der Waals surface area (Å²) < 4.78 is 0. The number of H-pyrrole nitrogens is 1. The molecule has 1 aromatic rings. The van der Waals surface area contributed by atoms with Gasteiger partial charge in [0.25, 0.3) is 0 Å². The normalized spacial score (nSPS) is 9.20. The van der Waals surface area contributed by atoms with Crippen LogP contribution >= 0.6 is 0 Å². The Kier molecular flexibility index (Phi) is 1.53. The van der Waals surface area contributed by atoms with E-state index in [4.69, 9.17) is 11.1 Å². The van der Waals surface area contributed by atoms with Crippen molar-refractivity contribution in [3.05, 3.63) is 34.2 Å². The maximum Gasteiger partial charge on any atom is 0.192 e. The molecule has 0 fully saturated rings. The van der Waals surface area contributed by atoms with E-state index >= 15 is 0 Å². The Bertz CT molecular complexity index is 302. The average molecular weight is 137 g/mol. The molecule has 0 radical (unpaired) electrons. The van der Waals surface area contributed by atoms with Crippen LogP contribution in [0, 0.1) is 5.41 Å². The first-order valence-corrected chi connectivity index (χ1v) is 2.73. The lowest BCUT2D eigenvalue weighted by Crippen LogP contribution is -2.20. The van der Waals surface area contributed by atoms with E-state index in [-0.39, 0.29) is 16.8 Å². The van der Waals surface area contributed by atoms with Gasteiger partial charge in [-0.05, 0) is 0 Å². The first-order chi connectivity index (χ1) is 4.72. The van der Waals surface area contributed by atoms with Gasteiger partial charge in [0, 0.05) is 18.5 Å². The van der Waals surface area contributed by atoms with Gasteiger partial charge in [-0.25, -0.2) is 0 Å². The quantitative estimate of drug-likeness (QED) is 0.365. The van der Waals surface area contributed by atoms with Gasteiger partial charge in [-0.1, -0.05) is 0 Å². The highest BCUT2D eigenvalue weighted by Gasteiger charge is 1.98.